The van der Waals surface area contributed by atoms with Crippen molar-refractivity contribution in [2.45, 2.75) is 39.7 Å². The summed E-state index contributed by atoms with van der Waals surface area (Å²) in [5, 5.41) is 14.2. The van der Waals surface area contributed by atoms with Crippen molar-refractivity contribution in [3.05, 3.63) is 51.2 Å². The number of benzene rings is 1. The number of allylic oxidation sites excluding steroid dienone is 1. The van der Waals surface area contributed by atoms with Gasteiger partial charge in [0, 0.05) is 30.3 Å². The predicted octanol–water partition coefficient (Wildman–Crippen LogP) is 3.32. The minimum absolute atomic E-state index is 0.0622. The Morgan fingerprint density at radius 3 is 2.60 bits per heavy atom. The first-order chi connectivity index (χ1) is 11.7. The Hall–Kier alpha value is -2.70. The van der Waals surface area contributed by atoms with Gasteiger partial charge in [-0.1, -0.05) is 26.0 Å². The number of Topliss-reactive ketones (excluding diaryl/α,β-unsaturated/α-hetero) is 1. The Morgan fingerprint density at radius 1 is 1.28 bits per heavy atom. The Morgan fingerprint density at radius 2 is 1.96 bits per heavy atom. The summed E-state index contributed by atoms with van der Waals surface area (Å²) in [5.74, 6) is -0.0622. The number of nitro groups is 1. The second-order valence-corrected chi connectivity index (χ2v) is 7.24. The molecule has 1 aromatic carbocycles. The number of urea groups is 1. The number of rotatable bonds is 3. The van der Waals surface area contributed by atoms with Crippen molar-refractivity contribution in [1.82, 2.24) is 10.2 Å². The summed E-state index contributed by atoms with van der Waals surface area (Å²) in [6.07, 6.45) is 0.947. The highest BCUT2D eigenvalue weighted by molar-refractivity contribution is 6.01. The number of para-hydroxylation sites is 1. The van der Waals surface area contributed by atoms with Crippen molar-refractivity contribution in [1.29, 1.82) is 0 Å². The van der Waals surface area contributed by atoms with Gasteiger partial charge in [-0.25, -0.2) is 4.79 Å². The number of nitrogens with one attached hydrogen (secondary N) is 1. The Bertz CT molecular complexity index is 797. The molecule has 1 N–H and O–H groups in total. The number of amides is 2. The molecule has 2 amide bonds. The molecule has 0 fully saturated rings. The molecule has 1 unspecified atom stereocenters. The number of hydrogen-bond acceptors (Lipinski definition) is 4. The minimum Gasteiger partial charge on any atom is -0.326 e. The molecule has 3 rings (SSSR count). The quantitative estimate of drug-likeness (QED) is 0.673. The third kappa shape index (κ3) is 2.90. The van der Waals surface area contributed by atoms with Crippen LogP contribution in [-0.4, -0.2) is 28.2 Å². The van der Waals surface area contributed by atoms with Crippen LogP contribution in [0.2, 0.25) is 0 Å². The van der Waals surface area contributed by atoms with Gasteiger partial charge in [0.2, 0.25) is 0 Å². The molecule has 1 aromatic rings. The Balaban J connectivity index is 2.20. The zero-order valence-electron chi connectivity index (χ0n) is 14.5. The van der Waals surface area contributed by atoms with Crippen molar-refractivity contribution in [3.63, 3.8) is 0 Å². The van der Waals surface area contributed by atoms with E-state index in [0.717, 1.165) is 0 Å². The van der Waals surface area contributed by atoms with E-state index in [9.17, 15) is 19.7 Å². The molecule has 0 spiro atoms. The van der Waals surface area contributed by atoms with E-state index in [1.807, 2.05) is 20.8 Å². The molecule has 25 heavy (non-hydrogen) atoms. The molecule has 0 saturated carbocycles. The van der Waals surface area contributed by atoms with Crippen LogP contribution in [0.1, 0.15) is 45.2 Å². The minimum atomic E-state index is -0.782. The Labute approximate surface area is 145 Å². The monoisotopic (exact) mass is 343 g/mol. The van der Waals surface area contributed by atoms with Crippen LogP contribution in [0.5, 0.6) is 0 Å². The number of hydrogen-bond donors (Lipinski definition) is 1. The summed E-state index contributed by atoms with van der Waals surface area (Å²) in [5.41, 5.74) is 1.18. The summed E-state index contributed by atoms with van der Waals surface area (Å²) < 4.78 is 0. The molecule has 7 heteroatoms. The fraction of sp³-hybridized carbons (Fsp3) is 0.444. The van der Waals surface area contributed by atoms with Crippen LogP contribution in [0.15, 0.2) is 35.5 Å². The SMILES string of the molecule is CCN1C(=O)NC(c2ccccc2[N+](=O)[O-])C2=C1CC(C)(C)CC2=O. The number of carbonyl (C=O) groups is 2. The average Bonchev–Trinajstić information content (AvgIpc) is 2.52. The molecule has 1 heterocycles. The summed E-state index contributed by atoms with van der Waals surface area (Å²) in [7, 11) is 0. The van der Waals surface area contributed by atoms with Crippen molar-refractivity contribution in [2.24, 2.45) is 5.41 Å². The Kier molecular flexibility index (Phi) is 4.10. The second kappa shape index (κ2) is 5.98. The second-order valence-electron chi connectivity index (χ2n) is 7.24. The molecule has 7 nitrogen and oxygen atoms in total. The molecule has 2 aliphatic rings. The van der Waals surface area contributed by atoms with E-state index in [2.05, 4.69) is 5.32 Å². The first-order valence-corrected chi connectivity index (χ1v) is 8.33. The van der Waals surface area contributed by atoms with Gasteiger partial charge in [-0.05, 0) is 24.8 Å². The van der Waals surface area contributed by atoms with Crippen LogP contribution in [0, 0.1) is 15.5 Å². The maximum Gasteiger partial charge on any atom is 0.322 e. The fourth-order valence-corrected chi connectivity index (χ4v) is 3.73. The molecule has 1 aliphatic heterocycles. The molecule has 132 valence electrons. The van der Waals surface area contributed by atoms with Crippen molar-refractivity contribution < 1.29 is 14.5 Å². The average molecular weight is 343 g/mol. The van der Waals surface area contributed by atoms with Gasteiger partial charge in [-0.2, -0.15) is 0 Å². The van der Waals surface area contributed by atoms with Crippen LogP contribution < -0.4 is 5.32 Å². The highest BCUT2D eigenvalue weighted by atomic mass is 16.6. The summed E-state index contributed by atoms with van der Waals surface area (Å²) in [4.78, 5) is 37.9. The van der Waals surface area contributed by atoms with E-state index in [0.29, 0.717) is 36.2 Å². The van der Waals surface area contributed by atoms with Gasteiger partial charge in [0.25, 0.3) is 5.69 Å². The number of ketones is 1. The summed E-state index contributed by atoms with van der Waals surface area (Å²) >= 11 is 0. The lowest BCUT2D eigenvalue weighted by Gasteiger charge is -2.42. The van der Waals surface area contributed by atoms with Gasteiger partial charge in [0.15, 0.2) is 5.78 Å². The van der Waals surface area contributed by atoms with E-state index in [-0.39, 0.29) is 22.9 Å². The zero-order chi connectivity index (χ0) is 18.4. The van der Waals surface area contributed by atoms with Gasteiger partial charge in [-0.15, -0.1) is 0 Å². The summed E-state index contributed by atoms with van der Waals surface area (Å²) in [6.45, 7) is 6.28. The predicted molar refractivity (Wildman–Crippen MR) is 91.8 cm³/mol. The smallest absolute Gasteiger partial charge is 0.322 e. The van der Waals surface area contributed by atoms with Crippen LogP contribution >= 0.6 is 0 Å². The standard InChI is InChI=1S/C18H21N3O4/c1-4-20-13-9-18(2,3)10-14(22)15(13)16(19-17(20)23)11-7-5-6-8-12(11)21(24)25/h5-8,16H,4,9-10H2,1-3H3,(H,19,23). The molecular weight excluding hydrogens is 322 g/mol. The van der Waals surface area contributed by atoms with E-state index in [1.165, 1.54) is 6.07 Å². The van der Waals surface area contributed by atoms with E-state index in [4.69, 9.17) is 0 Å². The van der Waals surface area contributed by atoms with Gasteiger partial charge < -0.3 is 5.32 Å². The molecule has 0 saturated heterocycles. The first kappa shape index (κ1) is 17.1. The lowest BCUT2D eigenvalue weighted by molar-refractivity contribution is -0.385. The third-order valence-electron chi connectivity index (χ3n) is 4.78. The maximum atomic E-state index is 12.9. The highest BCUT2D eigenvalue weighted by Gasteiger charge is 2.44. The van der Waals surface area contributed by atoms with Crippen LogP contribution in [-0.2, 0) is 4.79 Å². The third-order valence-corrected chi connectivity index (χ3v) is 4.78. The maximum absolute atomic E-state index is 12.9. The summed E-state index contributed by atoms with van der Waals surface area (Å²) in [6, 6.07) is 5.14. The zero-order valence-corrected chi connectivity index (χ0v) is 14.5. The van der Waals surface area contributed by atoms with Gasteiger partial charge >= 0.3 is 6.03 Å². The lowest BCUT2D eigenvalue weighted by Crippen LogP contribution is -2.51. The van der Waals surface area contributed by atoms with E-state index >= 15 is 0 Å². The molecule has 0 bridgehead atoms. The molecular formula is C18H21N3O4. The first-order valence-electron chi connectivity index (χ1n) is 8.33. The topological polar surface area (TPSA) is 92.6 Å². The van der Waals surface area contributed by atoms with E-state index in [1.54, 1.807) is 23.1 Å². The normalized spacial score (nSPS) is 22.5. The number of carbonyl (C=O) groups excluding carboxylic acids is 2. The molecule has 1 aliphatic carbocycles. The van der Waals surface area contributed by atoms with Crippen LogP contribution in [0.3, 0.4) is 0 Å². The van der Waals surface area contributed by atoms with Crippen molar-refractivity contribution >= 4 is 17.5 Å². The van der Waals surface area contributed by atoms with Crippen molar-refractivity contribution in [3.8, 4) is 0 Å². The van der Waals surface area contributed by atoms with Crippen LogP contribution in [0.4, 0.5) is 10.5 Å². The van der Waals surface area contributed by atoms with Gasteiger partial charge in [-0.3, -0.25) is 19.8 Å². The lowest BCUT2D eigenvalue weighted by atomic mass is 9.72. The van der Waals surface area contributed by atoms with Gasteiger partial charge in [0.1, 0.15) is 0 Å². The van der Waals surface area contributed by atoms with Crippen LogP contribution in [0.25, 0.3) is 0 Å². The number of nitro benzene ring substituents is 1. The number of nitrogens with zero attached hydrogens (tertiary/aromatic N) is 2. The largest absolute Gasteiger partial charge is 0.326 e. The van der Waals surface area contributed by atoms with Gasteiger partial charge in [0.05, 0.1) is 16.5 Å². The molecule has 1 atom stereocenters. The van der Waals surface area contributed by atoms with Crippen molar-refractivity contribution in [2.75, 3.05) is 6.54 Å². The van der Waals surface area contributed by atoms with E-state index < -0.39 is 11.0 Å². The molecule has 0 aromatic heterocycles. The molecule has 0 radical (unpaired) electrons. The highest BCUT2D eigenvalue weighted by Crippen LogP contribution is 2.45. The fourth-order valence-electron chi connectivity index (χ4n) is 3.73.